The van der Waals surface area contributed by atoms with Gasteiger partial charge in [0.15, 0.2) is 0 Å². The predicted octanol–water partition coefficient (Wildman–Crippen LogP) is 5.05. The van der Waals surface area contributed by atoms with Crippen molar-refractivity contribution in [3.05, 3.63) is 73.7 Å². The van der Waals surface area contributed by atoms with Crippen LogP contribution in [0.15, 0.2) is 46.9 Å². The van der Waals surface area contributed by atoms with Gasteiger partial charge >= 0.3 is 0 Å². The first kappa shape index (κ1) is 14.5. The van der Waals surface area contributed by atoms with Crippen molar-refractivity contribution in [3.8, 4) is 0 Å². The van der Waals surface area contributed by atoms with Gasteiger partial charge in [-0.15, -0.1) is 11.6 Å². The fourth-order valence-electron chi connectivity index (χ4n) is 2.90. The molecule has 0 saturated carbocycles. The van der Waals surface area contributed by atoms with E-state index in [4.69, 9.17) is 11.6 Å². The minimum Gasteiger partial charge on any atom is -0.258 e. The Balaban J connectivity index is 1.81. The number of hydrogen-bond acceptors (Lipinski definition) is 2. The van der Waals surface area contributed by atoms with Crippen LogP contribution >= 0.6 is 27.5 Å². The average Bonchev–Trinajstić information content (AvgIpc) is 2.78. The van der Waals surface area contributed by atoms with E-state index in [-0.39, 0.29) is 16.0 Å². The van der Waals surface area contributed by atoms with Crippen LogP contribution in [0.3, 0.4) is 0 Å². The van der Waals surface area contributed by atoms with Gasteiger partial charge in [-0.1, -0.05) is 46.3 Å². The van der Waals surface area contributed by atoms with Crippen LogP contribution in [0.4, 0.5) is 5.69 Å². The molecule has 0 amide bonds. The zero-order valence-electron chi connectivity index (χ0n) is 11.1. The molecule has 0 heterocycles. The van der Waals surface area contributed by atoms with Crippen molar-refractivity contribution < 1.29 is 4.92 Å². The first-order valence-corrected chi connectivity index (χ1v) is 7.94. The molecule has 2 atom stereocenters. The molecule has 0 fully saturated rings. The Morgan fingerprint density at radius 2 is 2.05 bits per heavy atom. The largest absolute Gasteiger partial charge is 0.270 e. The molecule has 3 nitrogen and oxygen atoms in total. The molecule has 1 aliphatic rings. The second-order valence-electron chi connectivity index (χ2n) is 5.30. The molecule has 21 heavy (non-hydrogen) atoms. The lowest BCUT2D eigenvalue weighted by molar-refractivity contribution is -0.384. The molecule has 0 bridgehead atoms. The minimum atomic E-state index is -0.385. The van der Waals surface area contributed by atoms with Crippen molar-refractivity contribution in [3.63, 3.8) is 0 Å². The second kappa shape index (κ2) is 5.78. The maximum absolute atomic E-state index is 10.8. The van der Waals surface area contributed by atoms with Gasteiger partial charge < -0.3 is 0 Å². The van der Waals surface area contributed by atoms with Crippen LogP contribution in [-0.2, 0) is 12.8 Å². The Morgan fingerprint density at radius 3 is 2.71 bits per heavy atom. The smallest absolute Gasteiger partial charge is 0.258 e. The molecule has 0 N–H and O–H groups in total. The molecule has 5 heteroatoms. The fourth-order valence-corrected chi connectivity index (χ4v) is 3.82. The summed E-state index contributed by atoms with van der Waals surface area (Å²) < 4.78 is 0.775. The Morgan fingerprint density at radius 1 is 1.29 bits per heavy atom. The van der Waals surface area contributed by atoms with Gasteiger partial charge in [-0.25, -0.2) is 0 Å². The van der Waals surface area contributed by atoms with Gasteiger partial charge in [-0.3, -0.25) is 10.1 Å². The maximum atomic E-state index is 10.8. The Kier molecular flexibility index (Phi) is 4.00. The van der Waals surface area contributed by atoms with E-state index in [0.717, 1.165) is 22.9 Å². The number of nitro benzene ring substituents is 1. The van der Waals surface area contributed by atoms with Crippen molar-refractivity contribution >= 4 is 33.2 Å². The molecule has 2 aromatic rings. The van der Waals surface area contributed by atoms with Crippen molar-refractivity contribution in [1.29, 1.82) is 0 Å². The lowest BCUT2D eigenvalue weighted by Crippen LogP contribution is -2.07. The van der Waals surface area contributed by atoms with E-state index < -0.39 is 0 Å². The lowest BCUT2D eigenvalue weighted by atomic mass is 9.96. The van der Waals surface area contributed by atoms with Crippen molar-refractivity contribution in [2.75, 3.05) is 0 Å². The first-order chi connectivity index (χ1) is 10.1. The molecule has 108 valence electrons. The molecule has 0 saturated heterocycles. The minimum absolute atomic E-state index is 0.00305. The maximum Gasteiger partial charge on any atom is 0.270 e. The number of fused-ring (bicyclic) bond motifs is 1. The topological polar surface area (TPSA) is 43.1 Å². The van der Waals surface area contributed by atoms with Crippen LogP contribution in [0.5, 0.6) is 0 Å². The number of nitro groups is 1. The van der Waals surface area contributed by atoms with Crippen molar-refractivity contribution in [1.82, 2.24) is 0 Å². The zero-order chi connectivity index (χ0) is 15.0. The van der Waals surface area contributed by atoms with Gasteiger partial charge in [-0.2, -0.15) is 0 Å². The quantitative estimate of drug-likeness (QED) is 0.433. The van der Waals surface area contributed by atoms with Gasteiger partial charge in [0.25, 0.3) is 5.69 Å². The number of rotatable bonds is 3. The van der Waals surface area contributed by atoms with Crippen LogP contribution in [0.2, 0.25) is 0 Å². The number of alkyl halides is 1. The highest BCUT2D eigenvalue weighted by Crippen LogP contribution is 2.43. The monoisotopic (exact) mass is 365 g/mol. The molecule has 1 aliphatic carbocycles. The summed E-state index contributed by atoms with van der Waals surface area (Å²) in [4.78, 5) is 10.4. The fraction of sp³-hybridized carbons (Fsp3) is 0.250. The highest BCUT2D eigenvalue weighted by molar-refractivity contribution is 9.10. The Labute approximate surface area is 136 Å². The van der Waals surface area contributed by atoms with Gasteiger partial charge in [-0.05, 0) is 35.4 Å². The van der Waals surface area contributed by atoms with E-state index in [0.29, 0.717) is 5.92 Å². The number of benzene rings is 2. The van der Waals surface area contributed by atoms with E-state index in [1.165, 1.54) is 11.1 Å². The summed E-state index contributed by atoms with van der Waals surface area (Å²) in [5.74, 6) is 0.321. The Bertz CT molecular complexity index is 704. The van der Waals surface area contributed by atoms with E-state index in [1.807, 2.05) is 18.2 Å². The number of hydrogen-bond donors (Lipinski definition) is 0. The lowest BCUT2D eigenvalue weighted by Gasteiger charge is -2.15. The van der Waals surface area contributed by atoms with Gasteiger partial charge in [0.05, 0.1) is 10.3 Å². The first-order valence-electron chi connectivity index (χ1n) is 6.71. The Hall–Kier alpha value is -1.39. The standard InChI is InChI=1S/C16H13BrClNO2/c17-15-9-13(19(20)21)6-5-11(15)8-12-7-10-3-1-2-4-14(10)16(12)18/h1-6,9,12,16H,7-8H2. The average molecular weight is 367 g/mol. The summed E-state index contributed by atoms with van der Waals surface area (Å²) in [6, 6.07) is 13.2. The number of non-ortho nitro benzene ring substituents is 1. The van der Waals surface area contributed by atoms with E-state index in [1.54, 1.807) is 12.1 Å². The summed E-state index contributed by atoms with van der Waals surface area (Å²) in [5.41, 5.74) is 3.68. The van der Waals surface area contributed by atoms with Crippen LogP contribution in [-0.4, -0.2) is 4.92 Å². The number of halogens is 2. The van der Waals surface area contributed by atoms with Crippen molar-refractivity contribution in [2.45, 2.75) is 18.2 Å². The highest BCUT2D eigenvalue weighted by Gasteiger charge is 2.31. The van der Waals surface area contributed by atoms with E-state index in [2.05, 4.69) is 28.1 Å². The molecule has 0 radical (unpaired) electrons. The summed E-state index contributed by atoms with van der Waals surface area (Å²) in [6.07, 6.45) is 1.76. The predicted molar refractivity (Wildman–Crippen MR) is 86.7 cm³/mol. The summed E-state index contributed by atoms with van der Waals surface area (Å²) in [5, 5.41) is 10.8. The summed E-state index contributed by atoms with van der Waals surface area (Å²) >= 11 is 10.00. The molecular weight excluding hydrogens is 354 g/mol. The molecule has 2 unspecified atom stereocenters. The summed E-state index contributed by atoms with van der Waals surface area (Å²) in [6.45, 7) is 0. The third kappa shape index (κ3) is 2.83. The van der Waals surface area contributed by atoms with E-state index >= 15 is 0 Å². The van der Waals surface area contributed by atoms with Crippen LogP contribution < -0.4 is 0 Å². The third-order valence-corrected chi connectivity index (χ3v) is 5.31. The third-order valence-electron chi connectivity index (χ3n) is 3.98. The number of nitrogens with zero attached hydrogens (tertiary/aromatic N) is 1. The molecule has 0 aliphatic heterocycles. The van der Waals surface area contributed by atoms with Crippen LogP contribution in [0.25, 0.3) is 0 Å². The van der Waals surface area contributed by atoms with Gasteiger partial charge in [0.1, 0.15) is 0 Å². The van der Waals surface area contributed by atoms with Crippen LogP contribution in [0.1, 0.15) is 22.1 Å². The molecule has 0 spiro atoms. The van der Waals surface area contributed by atoms with Crippen LogP contribution in [0, 0.1) is 16.0 Å². The molecular formula is C16H13BrClNO2. The summed E-state index contributed by atoms with van der Waals surface area (Å²) in [7, 11) is 0. The van der Waals surface area contributed by atoms with E-state index in [9.17, 15) is 10.1 Å². The van der Waals surface area contributed by atoms with Crippen molar-refractivity contribution in [2.24, 2.45) is 5.92 Å². The SMILES string of the molecule is O=[N+]([O-])c1ccc(CC2Cc3ccccc3C2Cl)c(Br)c1. The molecule has 3 rings (SSSR count). The molecule has 0 aromatic heterocycles. The second-order valence-corrected chi connectivity index (χ2v) is 6.63. The molecule has 2 aromatic carbocycles. The highest BCUT2D eigenvalue weighted by atomic mass is 79.9. The van der Waals surface area contributed by atoms with Gasteiger partial charge in [0.2, 0.25) is 0 Å². The normalized spacial score (nSPS) is 20.3. The zero-order valence-corrected chi connectivity index (χ0v) is 13.5. The van der Waals surface area contributed by atoms with Gasteiger partial charge in [0, 0.05) is 16.6 Å².